The number of anilines is 1. The summed E-state index contributed by atoms with van der Waals surface area (Å²) in [6, 6.07) is 10.4. The highest BCUT2D eigenvalue weighted by Gasteiger charge is 2.37. The fourth-order valence-electron chi connectivity index (χ4n) is 2.98. The summed E-state index contributed by atoms with van der Waals surface area (Å²) in [6.45, 7) is 2.03. The van der Waals surface area contributed by atoms with Crippen molar-refractivity contribution in [2.24, 2.45) is 5.92 Å². The molecule has 0 spiro atoms. The summed E-state index contributed by atoms with van der Waals surface area (Å²) >= 11 is 0. The number of para-hydroxylation sites is 2. The second-order valence-electron chi connectivity index (χ2n) is 6.52. The first-order valence-electron chi connectivity index (χ1n) is 8.92. The van der Waals surface area contributed by atoms with Gasteiger partial charge in [-0.25, -0.2) is 0 Å². The number of carbonyl (C=O) groups excluding carboxylic acids is 3. The predicted molar refractivity (Wildman–Crippen MR) is 99.4 cm³/mol. The third-order valence-electron chi connectivity index (χ3n) is 4.50. The Morgan fingerprint density at radius 2 is 2.07 bits per heavy atom. The molecule has 1 aromatic heterocycles. The van der Waals surface area contributed by atoms with Gasteiger partial charge in [0.1, 0.15) is 11.5 Å². The maximum atomic E-state index is 12.4. The van der Waals surface area contributed by atoms with Gasteiger partial charge in [0.05, 0.1) is 31.5 Å². The predicted octanol–water partition coefficient (Wildman–Crippen LogP) is 2.21. The number of benzene rings is 1. The molecule has 0 saturated carbocycles. The van der Waals surface area contributed by atoms with E-state index in [1.165, 1.54) is 20.3 Å². The maximum Gasteiger partial charge on any atom is 0.312 e. The molecule has 2 atom stereocenters. The third-order valence-corrected chi connectivity index (χ3v) is 4.50. The Morgan fingerprint density at radius 1 is 1.29 bits per heavy atom. The minimum absolute atomic E-state index is 0.0559. The quantitative estimate of drug-likeness (QED) is 0.733. The lowest BCUT2D eigenvalue weighted by Crippen LogP contribution is -2.33. The molecule has 1 aromatic carbocycles. The van der Waals surface area contributed by atoms with Crippen molar-refractivity contribution in [1.29, 1.82) is 0 Å². The van der Waals surface area contributed by atoms with Crippen molar-refractivity contribution in [3.05, 3.63) is 48.4 Å². The van der Waals surface area contributed by atoms with E-state index in [-0.39, 0.29) is 18.9 Å². The van der Waals surface area contributed by atoms with E-state index < -0.39 is 23.9 Å². The van der Waals surface area contributed by atoms with E-state index in [9.17, 15) is 14.4 Å². The molecule has 8 heteroatoms. The van der Waals surface area contributed by atoms with Gasteiger partial charge in [-0.3, -0.25) is 14.4 Å². The van der Waals surface area contributed by atoms with Gasteiger partial charge >= 0.3 is 5.97 Å². The van der Waals surface area contributed by atoms with Gasteiger partial charge < -0.3 is 24.1 Å². The van der Waals surface area contributed by atoms with Gasteiger partial charge in [0, 0.05) is 13.0 Å². The number of carbonyl (C=O) groups is 3. The van der Waals surface area contributed by atoms with Crippen molar-refractivity contribution in [2.75, 3.05) is 19.0 Å². The van der Waals surface area contributed by atoms with Crippen molar-refractivity contribution in [3.8, 4) is 5.75 Å². The van der Waals surface area contributed by atoms with E-state index in [1.54, 1.807) is 41.3 Å². The van der Waals surface area contributed by atoms with E-state index >= 15 is 0 Å². The highest BCUT2D eigenvalue weighted by Crippen LogP contribution is 2.24. The number of esters is 1. The van der Waals surface area contributed by atoms with Crippen LogP contribution in [0, 0.1) is 5.92 Å². The van der Waals surface area contributed by atoms with Gasteiger partial charge in [-0.1, -0.05) is 12.1 Å². The zero-order valence-corrected chi connectivity index (χ0v) is 15.7. The lowest BCUT2D eigenvalue weighted by atomic mass is 10.1. The van der Waals surface area contributed by atoms with Crippen molar-refractivity contribution in [3.63, 3.8) is 0 Å². The van der Waals surface area contributed by atoms with Crippen molar-refractivity contribution < 1.29 is 28.3 Å². The number of hydrogen-bond acceptors (Lipinski definition) is 6. The van der Waals surface area contributed by atoms with Crippen LogP contribution in [0.25, 0.3) is 0 Å². The standard InChI is InChI=1S/C20H22N2O6/c1-13(19(24)21-16-7-3-4-8-17(16)26-2)28-20(25)14-10-18(23)22(11-14)12-15-6-5-9-27-15/h3-9,13-14H,10-12H2,1-2H3,(H,21,24)/t13-,14+/m1/s1. The van der Waals surface area contributed by atoms with Crippen LogP contribution in [0.5, 0.6) is 5.75 Å². The lowest BCUT2D eigenvalue weighted by molar-refractivity contribution is -0.157. The first kappa shape index (κ1) is 19.5. The van der Waals surface area contributed by atoms with Gasteiger partial charge in [0.2, 0.25) is 5.91 Å². The number of amides is 2. The van der Waals surface area contributed by atoms with E-state index in [0.717, 1.165) is 0 Å². The molecule has 1 N–H and O–H groups in total. The van der Waals surface area contributed by atoms with E-state index in [4.69, 9.17) is 13.9 Å². The number of nitrogens with one attached hydrogen (secondary N) is 1. The number of furan rings is 1. The number of likely N-dealkylation sites (tertiary alicyclic amines) is 1. The first-order chi connectivity index (χ1) is 13.5. The SMILES string of the molecule is COc1ccccc1NC(=O)[C@@H](C)OC(=O)[C@H]1CC(=O)N(Cc2ccco2)C1. The monoisotopic (exact) mass is 386 g/mol. The highest BCUT2D eigenvalue weighted by molar-refractivity contribution is 5.96. The van der Waals surface area contributed by atoms with E-state index in [2.05, 4.69) is 5.32 Å². The number of hydrogen-bond donors (Lipinski definition) is 1. The topological polar surface area (TPSA) is 98.1 Å². The Morgan fingerprint density at radius 3 is 2.79 bits per heavy atom. The molecule has 0 radical (unpaired) electrons. The molecule has 2 heterocycles. The Kier molecular flexibility index (Phi) is 5.98. The number of methoxy groups -OCH3 is 1. The summed E-state index contributed by atoms with van der Waals surface area (Å²) in [4.78, 5) is 38.4. The van der Waals surface area contributed by atoms with Gasteiger partial charge in [0.25, 0.3) is 5.91 Å². The van der Waals surface area contributed by atoms with Crippen molar-refractivity contribution in [1.82, 2.24) is 4.90 Å². The molecule has 0 bridgehead atoms. The molecule has 2 amide bonds. The summed E-state index contributed by atoms with van der Waals surface area (Å²) in [6.07, 6.45) is 0.580. The molecule has 1 fully saturated rings. The first-order valence-corrected chi connectivity index (χ1v) is 8.92. The maximum absolute atomic E-state index is 12.4. The van der Waals surface area contributed by atoms with Gasteiger partial charge in [-0.05, 0) is 31.2 Å². The zero-order chi connectivity index (χ0) is 20.1. The number of ether oxygens (including phenoxy) is 2. The second kappa shape index (κ2) is 8.60. The van der Waals surface area contributed by atoms with Crippen LogP contribution in [-0.2, 0) is 25.7 Å². The second-order valence-corrected chi connectivity index (χ2v) is 6.52. The van der Waals surface area contributed by atoms with Gasteiger partial charge in [0.15, 0.2) is 6.10 Å². The van der Waals surface area contributed by atoms with E-state index in [1.807, 2.05) is 0 Å². The van der Waals surface area contributed by atoms with Crippen LogP contribution in [-0.4, -0.2) is 42.4 Å². The van der Waals surface area contributed by atoms with Crippen LogP contribution >= 0.6 is 0 Å². The Labute approximate surface area is 162 Å². The zero-order valence-electron chi connectivity index (χ0n) is 15.7. The van der Waals surface area contributed by atoms with Crippen molar-refractivity contribution in [2.45, 2.75) is 26.0 Å². The largest absolute Gasteiger partial charge is 0.495 e. The average molecular weight is 386 g/mol. The molecule has 1 saturated heterocycles. The average Bonchev–Trinajstić information content (AvgIpc) is 3.32. The summed E-state index contributed by atoms with van der Waals surface area (Å²) in [5, 5.41) is 2.67. The smallest absolute Gasteiger partial charge is 0.312 e. The van der Waals surface area contributed by atoms with Crippen LogP contribution in [0.1, 0.15) is 19.1 Å². The van der Waals surface area contributed by atoms with Crippen LogP contribution in [0.4, 0.5) is 5.69 Å². The molecule has 148 valence electrons. The van der Waals surface area contributed by atoms with E-state index in [0.29, 0.717) is 23.7 Å². The molecule has 3 rings (SSSR count). The van der Waals surface area contributed by atoms with Crippen LogP contribution < -0.4 is 10.1 Å². The summed E-state index contributed by atoms with van der Waals surface area (Å²) < 4.78 is 15.7. The summed E-state index contributed by atoms with van der Waals surface area (Å²) in [5.41, 5.74) is 0.485. The molecule has 28 heavy (non-hydrogen) atoms. The lowest BCUT2D eigenvalue weighted by Gasteiger charge is -2.17. The van der Waals surface area contributed by atoms with Gasteiger partial charge in [-0.2, -0.15) is 0 Å². The molecule has 0 unspecified atom stereocenters. The van der Waals surface area contributed by atoms with Gasteiger partial charge in [-0.15, -0.1) is 0 Å². The molecule has 0 aliphatic carbocycles. The molecule has 1 aliphatic heterocycles. The normalized spacial score (nSPS) is 17.3. The molecular formula is C20H22N2O6. The van der Waals surface area contributed by atoms with Crippen molar-refractivity contribution >= 4 is 23.5 Å². The Bertz CT molecular complexity index is 848. The van der Waals surface area contributed by atoms with Crippen LogP contribution in [0.2, 0.25) is 0 Å². The molecule has 1 aliphatic rings. The molecule has 8 nitrogen and oxygen atoms in total. The summed E-state index contributed by atoms with van der Waals surface area (Å²) in [5.74, 6) is -0.655. The summed E-state index contributed by atoms with van der Waals surface area (Å²) in [7, 11) is 1.50. The number of rotatable bonds is 7. The molecule has 2 aromatic rings. The molecular weight excluding hydrogens is 364 g/mol. The minimum Gasteiger partial charge on any atom is -0.495 e. The van der Waals surface area contributed by atoms with Crippen LogP contribution in [0.3, 0.4) is 0 Å². The fraction of sp³-hybridized carbons (Fsp3) is 0.350. The highest BCUT2D eigenvalue weighted by atomic mass is 16.5. The minimum atomic E-state index is -1.01. The Hall–Kier alpha value is -3.29. The Balaban J connectivity index is 1.53. The van der Waals surface area contributed by atoms with Crippen LogP contribution in [0.15, 0.2) is 47.1 Å². The third kappa shape index (κ3) is 4.51. The number of nitrogens with zero attached hydrogens (tertiary/aromatic N) is 1. The fourth-order valence-corrected chi connectivity index (χ4v) is 2.98.